The number of carbonyl (C=O) groups is 1. The fourth-order valence-electron chi connectivity index (χ4n) is 5.90. The Kier molecular flexibility index (Phi) is 9.37. The number of benzene rings is 3. The minimum atomic E-state index is -0.142. The number of carbonyl (C=O) groups excluding carboxylic acids is 1. The van der Waals surface area contributed by atoms with Gasteiger partial charge >= 0.3 is 0 Å². The first kappa shape index (κ1) is 28.0. The highest BCUT2D eigenvalue weighted by Gasteiger charge is 2.35. The van der Waals surface area contributed by atoms with Crippen LogP contribution in [-0.4, -0.2) is 69.9 Å². The number of piperazine rings is 1. The molecule has 0 radical (unpaired) electrons. The summed E-state index contributed by atoms with van der Waals surface area (Å²) in [5, 5.41) is 10.3. The summed E-state index contributed by atoms with van der Waals surface area (Å²) >= 11 is 0. The SMILES string of the molecule is CCN(CC)C(C)C(=O)c1ccc(C(c2cccc(O)c2)N2C[C@@H](C)N(Cc3ccccc3)C[C@@H]2C)cc1. The lowest BCUT2D eigenvalue weighted by Gasteiger charge is -2.47. The molecule has 1 fully saturated rings. The van der Waals surface area contributed by atoms with Crippen LogP contribution in [0.4, 0.5) is 0 Å². The fourth-order valence-corrected chi connectivity index (χ4v) is 5.90. The maximum absolute atomic E-state index is 13.2. The molecule has 0 amide bonds. The van der Waals surface area contributed by atoms with Gasteiger partial charge in [0, 0.05) is 37.3 Å². The Morgan fingerprint density at radius 3 is 2.21 bits per heavy atom. The second kappa shape index (κ2) is 12.7. The zero-order valence-corrected chi connectivity index (χ0v) is 23.5. The van der Waals surface area contributed by atoms with Gasteiger partial charge < -0.3 is 5.11 Å². The average Bonchev–Trinajstić information content (AvgIpc) is 2.92. The van der Waals surface area contributed by atoms with Crippen LogP contribution in [0.15, 0.2) is 78.9 Å². The zero-order valence-electron chi connectivity index (χ0n) is 23.5. The van der Waals surface area contributed by atoms with Gasteiger partial charge in [-0.1, -0.05) is 80.6 Å². The maximum atomic E-state index is 13.2. The third-order valence-electron chi connectivity index (χ3n) is 8.16. The van der Waals surface area contributed by atoms with Gasteiger partial charge in [0.25, 0.3) is 0 Å². The van der Waals surface area contributed by atoms with Crippen LogP contribution in [-0.2, 0) is 6.54 Å². The Bertz CT molecular complexity index is 1180. The van der Waals surface area contributed by atoms with Crippen molar-refractivity contribution < 1.29 is 9.90 Å². The highest BCUT2D eigenvalue weighted by Crippen LogP contribution is 2.35. The first-order chi connectivity index (χ1) is 18.3. The molecule has 0 aliphatic carbocycles. The lowest BCUT2D eigenvalue weighted by molar-refractivity contribution is 0.0195. The third-order valence-corrected chi connectivity index (χ3v) is 8.16. The van der Waals surface area contributed by atoms with E-state index in [0.717, 1.165) is 49.4 Å². The van der Waals surface area contributed by atoms with Gasteiger partial charge in [-0.25, -0.2) is 0 Å². The predicted molar refractivity (Wildman–Crippen MR) is 156 cm³/mol. The Morgan fingerprint density at radius 2 is 1.58 bits per heavy atom. The molecule has 1 saturated heterocycles. The van der Waals surface area contributed by atoms with E-state index < -0.39 is 0 Å². The number of phenolic OH excluding ortho intramolecular Hbond substituents is 1. The van der Waals surface area contributed by atoms with Gasteiger partial charge in [-0.15, -0.1) is 0 Å². The van der Waals surface area contributed by atoms with Crippen molar-refractivity contribution in [2.24, 2.45) is 0 Å². The van der Waals surface area contributed by atoms with E-state index in [1.54, 1.807) is 6.07 Å². The summed E-state index contributed by atoms with van der Waals surface area (Å²) in [5.41, 5.74) is 4.29. The van der Waals surface area contributed by atoms with Crippen LogP contribution in [0, 0.1) is 0 Å². The third kappa shape index (κ3) is 6.35. The molecule has 1 heterocycles. The Morgan fingerprint density at radius 1 is 0.895 bits per heavy atom. The molecule has 1 aliphatic rings. The fraction of sp³-hybridized carbons (Fsp3) is 0.424. The van der Waals surface area contributed by atoms with Crippen molar-refractivity contribution >= 4 is 5.78 Å². The first-order valence-electron chi connectivity index (χ1n) is 14.0. The molecule has 4 rings (SSSR count). The van der Waals surface area contributed by atoms with Crippen molar-refractivity contribution in [3.63, 3.8) is 0 Å². The van der Waals surface area contributed by atoms with Crippen LogP contribution in [0.5, 0.6) is 5.75 Å². The van der Waals surface area contributed by atoms with Crippen LogP contribution in [0.2, 0.25) is 0 Å². The number of ketones is 1. The normalized spacial score (nSPS) is 20.4. The van der Waals surface area contributed by atoms with E-state index in [0.29, 0.717) is 12.1 Å². The van der Waals surface area contributed by atoms with E-state index in [2.05, 4.69) is 90.9 Å². The number of aromatic hydroxyl groups is 1. The topological polar surface area (TPSA) is 47.0 Å². The molecule has 1 aliphatic heterocycles. The lowest BCUT2D eigenvalue weighted by Crippen LogP contribution is -2.56. The molecule has 0 spiro atoms. The second-order valence-corrected chi connectivity index (χ2v) is 10.7. The molecule has 1 N–H and O–H groups in total. The molecule has 4 atom stereocenters. The summed E-state index contributed by atoms with van der Waals surface area (Å²) in [6.45, 7) is 15.3. The molecule has 3 aromatic rings. The van der Waals surface area contributed by atoms with Gasteiger partial charge in [0.1, 0.15) is 5.75 Å². The number of Topliss-reactive ketones (excluding diaryl/α,β-unsaturated/α-hetero) is 1. The molecule has 0 aromatic heterocycles. The summed E-state index contributed by atoms with van der Waals surface area (Å²) in [4.78, 5) is 20.5. The molecule has 5 nitrogen and oxygen atoms in total. The maximum Gasteiger partial charge on any atom is 0.179 e. The monoisotopic (exact) mass is 513 g/mol. The predicted octanol–water partition coefficient (Wildman–Crippen LogP) is 5.99. The van der Waals surface area contributed by atoms with Crippen LogP contribution >= 0.6 is 0 Å². The highest BCUT2D eigenvalue weighted by atomic mass is 16.3. The van der Waals surface area contributed by atoms with Gasteiger partial charge in [0.2, 0.25) is 0 Å². The van der Waals surface area contributed by atoms with Crippen molar-refractivity contribution in [1.82, 2.24) is 14.7 Å². The van der Waals surface area contributed by atoms with Crippen LogP contribution in [0.25, 0.3) is 0 Å². The number of likely N-dealkylation sites (N-methyl/N-ethyl adjacent to an activating group) is 1. The highest BCUT2D eigenvalue weighted by molar-refractivity contribution is 5.99. The smallest absolute Gasteiger partial charge is 0.179 e. The van der Waals surface area contributed by atoms with Gasteiger partial charge in [-0.3, -0.25) is 19.5 Å². The van der Waals surface area contributed by atoms with Gasteiger partial charge in [-0.05, 0) is 62.7 Å². The Hall–Kier alpha value is -2.99. The summed E-state index contributed by atoms with van der Waals surface area (Å²) < 4.78 is 0. The largest absolute Gasteiger partial charge is 0.508 e. The Balaban J connectivity index is 1.60. The van der Waals surface area contributed by atoms with Crippen molar-refractivity contribution in [2.75, 3.05) is 26.2 Å². The van der Waals surface area contributed by atoms with Gasteiger partial charge in [0.15, 0.2) is 5.78 Å². The molecule has 202 valence electrons. The number of nitrogens with zero attached hydrogens (tertiary/aromatic N) is 3. The second-order valence-electron chi connectivity index (χ2n) is 10.7. The standard InChI is InChI=1S/C33H43N3O2/c1-6-34(7-2)26(5)33(38)29-18-16-28(17-19-29)32(30-14-11-15-31(37)20-30)36-22-24(3)35(21-25(36)4)23-27-12-9-8-10-13-27/h8-20,24-26,32,37H,6-7,21-23H2,1-5H3/t24-,25+,26?,32?/m1/s1. The van der Waals surface area contributed by atoms with E-state index >= 15 is 0 Å². The molecular weight excluding hydrogens is 470 g/mol. The van der Waals surface area contributed by atoms with E-state index in [-0.39, 0.29) is 23.6 Å². The number of hydrogen-bond acceptors (Lipinski definition) is 5. The summed E-state index contributed by atoms with van der Waals surface area (Å²) in [6.07, 6.45) is 0. The molecule has 2 unspecified atom stereocenters. The van der Waals surface area contributed by atoms with Gasteiger partial charge in [0.05, 0.1) is 12.1 Å². The first-order valence-corrected chi connectivity index (χ1v) is 14.0. The molecule has 0 bridgehead atoms. The van der Waals surface area contributed by atoms with Gasteiger partial charge in [-0.2, -0.15) is 0 Å². The molecule has 3 aromatic carbocycles. The van der Waals surface area contributed by atoms with Crippen molar-refractivity contribution in [1.29, 1.82) is 0 Å². The quantitative estimate of drug-likeness (QED) is 0.338. The van der Waals surface area contributed by atoms with E-state index in [1.807, 2.05) is 31.2 Å². The molecular formula is C33H43N3O2. The Labute approximate surface area is 228 Å². The van der Waals surface area contributed by atoms with Crippen LogP contribution in [0.3, 0.4) is 0 Å². The minimum Gasteiger partial charge on any atom is -0.508 e. The molecule has 0 saturated carbocycles. The average molecular weight is 514 g/mol. The summed E-state index contributed by atoms with van der Waals surface area (Å²) in [6, 6.07) is 27.0. The van der Waals surface area contributed by atoms with E-state index in [4.69, 9.17) is 0 Å². The number of phenols is 1. The number of rotatable bonds is 10. The van der Waals surface area contributed by atoms with E-state index in [9.17, 15) is 9.90 Å². The van der Waals surface area contributed by atoms with Crippen LogP contribution < -0.4 is 0 Å². The molecule has 5 heteroatoms. The van der Waals surface area contributed by atoms with Crippen LogP contribution in [0.1, 0.15) is 67.7 Å². The summed E-state index contributed by atoms with van der Waals surface area (Å²) in [7, 11) is 0. The zero-order chi connectivity index (χ0) is 27.2. The summed E-state index contributed by atoms with van der Waals surface area (Å²) in [5.74, 6) is 0.432. The van der Waals surface area contributed by atoms with Crippen molar-refractivity contribution in [3.8, 4) is 5.75 Å². The lowest BCUT2D eigenvalue weighted by atomic mass is 9.92. The minimum absolute atomic E-state index is 0.0113. The number of hydrogen-bond donors (Lipinski definition) is 1. The molecule has 38 heavy (non-hydrogen) atoms. The van der Waals surface area contributed by atoms with Crippen molar-refractivity contribution in [3.05, 3.63) is 101 Å². The van der Waals surface area contributed by atoms with Crippen molar-refractivity contribution in [2.45, 2.75) is 65.3 Å². The van der Waals surface area contributed by atoms with E-state index in [1.165, 1.54) is 5.56 Å².